The number of carbonyl (C=O) groups is 3. The molecule has 0 aromatic heterocycles. The summed E-state index contributed by atoms with van der Waals surface area (Å²) in [6.45, 7) is 6.82. The first kappa shape index (κ1) is 17.2. The van der Waals surface area contributed by atoms with E-state index in [-0.39, 0.29) is 29.3 Å². The molecule has 0 spiro atoms. The summed E-state index contributed by atoms with van der Waals surface area (Å²) in [7, 11) is 1.48. The SMILES string of the molecule is C/C=C(\NC(=O)[C@@H](NC(C)=O)[C@@H](C)CC)C(=O)NC. The van der Waals surface area contributed by atoms with Crippen molar-refractivity contribution in [3.8, 4) is 0 Å². The zero-order valence-electron chi connectivity index (χ0n) is 12.2. The molecule has 2 atom stereocenters. The summed E-state index contributed by atoms with van der Waals surface area (Å²) >= 11 is 0. The molecule has 0 aliphatic rings. The van der Waals surface area contributed by atoms with E-state index in [0.717, 1.165) is 6.42 Å². The lowest BCUT2D eigenvalue weighted by Crippen LogP contribution is -2.50. The van der Waals surface area contributed by atoms with E-state index in [2.05, 4.69) is 16.0 Å². The van der Waals surface area contributed by atoms with E-state index in [1.807, 2.05) is 13.8 Å². The second-order valence-corrected chi connectivity index (χ2v) is 4.33. The smallest absolute Gasteiger partial charge is 0.267 e. The first-order valence-electron chi connectivity index (χ1n) is 6.33. The van der Waals surface area contributed by atoms with Gasteiger partial charge < -0.3 is 16.0 Å². The van der Waals surface area contributed by atoms with Crippen LogP contribution in [0.5, 0.6) is 0 Å². The maximum absolute atomic E-state index is 12.1. The van der Waals surface area contributed by atoms with Crippen LogP contribution < -0.4 is 16.0 Å². The van der Waals surface area contributed by atoms with Gasteiger partial charge in [0.1, 0.15) is 11.7 Å². The summed E-state index contributed by atoms with van der Waals surface area (Å²) in [5.74, 6) is -1.06. The maximum atomic E-state index is 12.1. The normalized spacial score (nSPS) is 14.3. The summed E-state index contributed by atoms with van der Waals surface area (Å²) in [6.07, 6.45) is 2.25. The summed E-state index contributed by atoms with van der Waals surface area (Å²) in [5, 5.41) is 7.58. The second-order valence-electron chi connectivity index (χ2n) is 4.33. The first-order valence-corrected chi connectivity index (χ1v) is 6.33. The molecule has 6 heteroatoms. The van der Waals surface area contributed by atoms with Crippen molar-refractivity contribution in [2.45, 2.75) is 40.2 Å². The van der Waals surface area contributed by atoms with E-state index < -0.39 is 6.04 Å². The van der Waals surface area contributed by atoms with Gasteiger partial charge in [-0.25, -0.2) is 0 Å². The van der Waals surface area contributed by atoms with Gasteiger partial charge in [-0.15, -0.1) is 0 Å². The van der Waals surface area contributed by atoms with Crippen LogP contribution in [-0.4, -0.2) is 30.8 Å². The lowest BCUT2D eigenvalue weighted by Gasteiger charge is -2.23. The zero-order valence-corrected chi connectivity index (χ0v) is 12.2. The minimum Gasteiger partial charge on any atom is -0.354 e. The molecule has 0 saturated heterocycles. The van der Waals surface area contributed by atoms with Crippen molar-refractivity contribution in [2.24, 2.45) is 5.92 Å². The molecule has 0 aromatic carbocycles. The maximum Gasteiger partial charge on any atom is 0.267 e. The molecule has 0 radical (unpaired) electrons. The molecule has 0 rings (SSSR count). The van der Waals surface area contributed by atoms with Crippen molar-refractivity contribution in [3.05, 3.63) is 11.8 Å². The molecule has 0 unspecified atom stereocenters. The van der Waals surface area contributed by atoms with Crippen LogP contribution in [0.2, 0.25) is 0 Å². The molecule has 19 heavy (non-hydrogen) atoms. The largest absolute Gasteiger partial charge is 0.354 e. The number of rotatable bonds is 6. The fraction of sp³-hybridized carbons (Fsp3) is 0.615. The minimum atomic E-state index is -0.651. The summed E-state index contributed by atoms with van der Waals surface area (Å²) in [5.41, 5.74) is 0.172. The predicted molar refractivity (Wildman–Crippen MR) is 73.0 cm³/mol. The van der Waals surface area contributed by atoms with E-state index in [1.165, 1.54) is 20.0 Å². The summed E-state index contributed by atoms with van der Waals surface area (Å²) < 4.78 is 0. The molecule has 3 N–H and O–H groups in total. The lowest BCUT2D eigenvalue weighted by molar-refractivity contribution is -0.129. The summed E-state index contributed by atoms with van der Waals surface area (Å²) in [4.78, 5) is 34.7. The molecule has 3 amide bonds. The quantitative estimate of drug-likeness (QED) is 0.606. The topological polar surface area (TPSA) is 87.3 Å². The van der Waals surface area contributed by atoms with Gasteiger partial charge in [0.25, 0.3) is 5.91 Å². The molecule has 0 bridgehead atoms. The Bertz CT molecular complexity index is 377. The first-order chi connectivity index (χ1) is 8.87. The second kappa shape index (κ2) is 8.29. The number of amides is 3. The van der Waals surface area contributed by atoms with E-state index in [9.17, 15) is 14.4 Å². The fourth-order valence-corrected chi connectivity index (χ4v) is 1.53. The molecule has 0 heterocycles. The number of hydrogen-bond donors (Lipinski definition) is 3. The van der Waals surface area contributed by atoms with Crippen LogP contribution >= 0.6 is 0 Å². The number of allylic oxidation sites excluding steroid dienone is 1. The van der Waals surface area contributed by atoms with Crippen molar-refractivity contribution in [3.63, 3.8) is 0 Å². The minimum absolute atomic E-state index is 0.0216. The highest BCUT2D eigenvalue weighted by atomic mass is 16.2. The Morgan fingerprint density at radius 3 is 2.21 bits per heavy atom. The Balaban J connectivity index is 4.90. The Morgan fingerprint density at radius 2 is 1.84 bits per heavy atom. The fourth-order valence-electron chi connectivity index (χ4n) is 1.53. The number of likely N-dealkylation sites (N-methyl/N-ethyl adjacent to an activating group) is 1. The van der Waals surface area contributed by atoms with Gasteiger partial charge >= 0.3 is 0 Å². The molecule has 0 aromatic rings. The van der Waals surface area contributed by atoms with Gasteiger partial charge in [-0.05, 0) is 12.8 Å². The van der Waals surface area contributed by atoms with Gasteiger partial charge in [-0.1, -0.05) is 26.3 Å². The molecule has 6 nitrogen and oxygen atoms in total. The molecular weight excluding hydrogens is 246 g/mol. The molecule has 0 aliphatic carbocycles. The molecule has 0 aliphatic heterocycles. The van der Waals surface area contributed by atoms with Gasteiger partial charge in [-0.2, -0.15) is 0 Å². The highest BCUT2D eigenvalue weighted by Crippen LogP contribution is 2.08. The Kier molecular flexibility index (Phi) is 7.48. The van der Waals surface area contributed by atoms with E-state index >= 15 is 0 Å². The van der Waals surface area contributed by atoms with Crippen molar-refractivity contribution in [1.82, 2.24) is 16.0 Å². The highest BCUT2D eigenvalue weighted by Gasteiger charge is 2.26. The number of nitrogens with one attached hydrogen (secondary N) is 3. The Morgan fingerprint density at radius 1 is 1.26 bits per heavy atom. The van der Waals surface area contributed by atoms with Crippen LogP contribution in [0.1, 0.15) is 34.1 Å². The standard InChI is InChI=1S/C13H23N3O3/c1-6-8(3)11(15-9(4)17)13(19)16-10(7-2)12(18)14-5/h7-8,11H,6H2,1-5H3,(H,14,18)(H,15,17)(H,16,19)/b10-7-/t8-,11-/m0/s1. The van der Waals surface area contributed by atoms with Crippen LogP contribution in [0, 0.1) is 5.92 Å². The van der Waals surface area contributed by atoms with E-state index in [1.54, 1.807) is 6.92 Å². The van der Waals surface area contributed by atoms with Crippen molar-refractivity contribution < 1.29 is 14.4 Å². The van der Waals surface area contributed by atoms with Crippen LogP contribution in [0.4, 0.5) is 0 Å². The average molecular weight is 269 g/mol. The van der Waals surface area contributed by atoms with Crippen molar-refractivity contribution in [1.29, 1.82) is 0 Å². The Hall–Kier alpha value is -1.85. The number of hydrogen-bond acceptors (Lipinski definition) is 3. The van der Waals surface area contributed by atoms with Crippen LogP contribution in [0.25, 0.3) is 0 Å². The van der Waals surface area contributed by atoms with Crippen molar-refractivity contribution in [2.75, 3.05) is 7.05 Å². The summed E-state index contributed by atoms with van der Waals surface area (Å²) in [6, 6.07) is -0.651. The van der Waals surface area contributed by atoms with Gasteiger partial charge in [-0.3, -0.25) is 14.4 Å². The number of carbonyl (C=O) groups excluding carboxylic acids is 3. The van der Waals surface area contributed by atoms with Gasteiger partial charge in [0.15, 0.2) is 0 Å². The third-order valence-corrected chi connectivity index (χ3v) is 2.87. The van der Waals surface area contributed by atoms with Gasteiger partial charge in [0.05, 0.1) is 0 Å². The average Bonchev–Trinajstić information content (AvgIpc) is 2.39. The lowest BCUT2D eigenvalue weighted by atomic mass is 9.98. The van der Waals surface area contributed by atoms with E-state index in [0.29, 0.717) is 0 Å². The highest BCUT2D eigenvalue weighted by molar-refractivity contribution is 5.99. The monoisotopic (exact) mass is 269 g/mol. The third kappa shape index (κ3) is 5.54. The van der Waals surface area contributed by atoms with Gasteiger partial charge in [0.2, 0.25) is 11.8 Å². The molecule has 108 valence electrons. The third-order valence-electron chi connectivity index (χ3n) is 2.87. The molecule has 0 saturated carbocycles. The van der Waals surface area contributed by atoms with Crippen LogP contribution in [0.3, 0.4) is 0 Å². The zero-order chi connectivity index (χ0) is 15.0. The molecular formula is C13H23N3O3. The predicted octanol–water partition coefficient (Wildman–Crippen LogP) is 0.303. The van der Waals surface area contributed by atoms with Crippen molar-refractivity contribution >= 4 is 17.7 Å². The van der Waals surface area contributed by atoms with E-state index in [4.69, 9.17) is 0 Å². The Labute approximate surface area is 114 Å². The van der Waals surface area contributed by atoms with Crippen LogP contribution in [0.15, 0.2) is 11.8 Å². The molecule has 0 fully saturated rings. The van der Waals surface area contributed by atoms with Gasteiger partial charge in [0, 0.05) is 14.0 Å². The van der Waals surface area contributed by atoms with Crippen LogP contribution in [-0.2, 0) is 14.4 Å².